The third kappa shape index (κ3) is 3.33. The number of fused-ring (bicyclic) bond motifs is 2. The minimum absolute atomic E-state index is 0.354. The van der Waals surface area contributed by atoms with Crippen molar-refractivity contribution in [3.8, 4) is 6.07 Å². The summed E-state index contributed by atoms with van der Waals surface area (Å²) in [6, 6.07) is 10.3. The lowest BCUT2D eigenvalue weighted by atomic mass is 9.92. The Kier molecular flexibility index (Phi) is 4.77. The number of aliphatic hydroxyl groups is 1. The zero-order valence-electron chi connectivity index (χ0n) is 13.2. The first-order valence-electron chi connectivity index (χ1n) is 8.25. The largest absolute Gasteiger partial charge is 0.391 e. The lowest BCUT2D eigenvalue weighted by molar-refractivity contribution is 0.0668. The molecule has 3 atom stereocenters. The van der Waals surface area contributed by atoms with Crippen molar-refractivity contribution in [2.24, 2.45) is 11.8 Å². The maximum atomic E-state index is 10.4. The molecule has 1 aliphatic heterocycles. The number of likely N-dealkylation sites (N-methyl/N-ethyl adjacent to an activating group) is 1. The van der Waals surface area contributed by atoms with Crippen molar-refractivity contribution in [1.82, 2.24) is 10.2 Å². The fourth-order valence-corrected chi connectivity index (χ4v) is 4.28. The van der Waals surface area contributed by atoms with Crippen molar-refractivity contribution >= 4 is 0 Å². The monoisotopic (exact) mass is 299 g/mol. The van der Waals surface area contributed by atoms with Gasteiger partial charge in [-0.1, -0.05) is 12.1 Å². The highest BCUT2D eigenvalue weighted by Gasteiger charge is 2.41. The number of nitrogens with one attached hydrogen (secondary N) is 1. The third-order valence-electron chi connectivity index (χ3n) is 5.25. The number of nitriles is 1. The number of benzene rings is 1. The van der Waals surface area contributed by atoms with Crippen LogP contribution in [0.25, 0.3) is 0 Å². The summed E-state index contributed by atoms with van der Waals surface area (Å²) in [5, 5.41) is 22.7. The highest BCUT2D eigenvalue weighted by atomic mass is 16.3. The Morgan fingerprint density at radius 3 is 2.50 bits per heavy atom. The number of aliphatic hydroxyl groups excluding tert-OH is 1. The number of piperidine rings is 1. The molecule has 0 aromatic heterocycles. The Labute approximate surface area is 132 Å². The molecule has 1 heterocycles. The van der Waals surface area contributed by atoms with Crippen LogP contribution in [0.15, 0.2) is 24.3 Å². The van der Waals surface area contributed by atoms with Crippen LogP contribution in [0.5, 0.6) is 0 Å². The molecule has 1 saturated carbocycles. The molecule has 1 aliphatic carbocycles. The van der Waals surface area contributed by atoms with Crippen LogP contribution >= 0.6 is 0 Å². The van der Waals surface area contributed by atoms with E-state index in [-0.39, 0.29) is 6.10 Å². The molecule has 2 bridgehead atoms. The van der Waals surface area contributed by atoms with Crippen LogP contribution in [-0.4, -0.2) is 48.8 Å². The van der Waals surface area contributed by atoms with Crippen molar-refractivity contribution in [1.29, 1.82) is 5.26 Å². The van der Waals surface area contributed by atoms with Gasteiger partial charge in [0.05, 0.1) is 17.7 Å². The zero-order chi connectivity index (χ0) is 15.5. The number of hydrogen-bond donors (Lipinski definition) is 2. The second-order valence-electron chi connectivity index (χ2n) is 6.85. The van der Waals surface area contributed by atoms with Gasteiger partial charge in [0.25, 0.3) is 0 Å². The lowest BCUT2D eigenvalue weighted by Gasteiger charge is -2.38. The lowest BCUT2D eigenvalue weighted by Crippen LogP contribution is -2.51. The Balaban J connectivity index is 1.54. The van der Waals surface area contributed by atoms with Gasteiger partial charge < -0.3 is 15.3 Å². The Morgan fingerprint density at radius 1 is 1.27 bits per heavy atom. The van der Waals surface area contributed by atoms with E-state index in [4.69, 9.17) is 5.26 Å². The van der Waals surface area contributed by atoms with Crippen LogP contribution in [0.1, 0.15) is 24.0 Å². The van der Waals surface area contributed by atoms with Gasteiger partial charge in [-0.15, -0.1) is 0 Å². The van der Waals surface area contributed by atoms with Gasteiger partial charge in [0.15, 0.2) is 0 Å². The standard InChI is InChI=1S/C18H25N3O/c1-21(18-15-6-7-16(18)11-20-10-15)12-17(22)8-13-2-4-14(9-19)5-3-13/h2-5,15-18,20,22H,6-8,10-12H2,1H3. The molecule has 1 aromatic carbocycles. The molecule has 4 heteroatoms. The fourth-order valence-electron chi connectivity index (χ4n) is 4.28. The summed E-state index contributed by atoms with van der Waals surface area (Å²) in [5.74, 6) is 1.48. The van der Waals surface area contributed by atoms with Crippen LogP contribution in [-0.2, 0) is 6.42 Å². The van der Waals surface area contributed by atoms with Gasteiger partial charge in [-0.05, 0) is 68.9 Å². The Hall–Kier alpha value is -1.41. The van der Waals surface area contributed by atoms with E-state index in [0.29, 0.717) is 18.0 Å². The maximum Gasteiger partial charge on any atom is 0.0991 e. The summed E-state index contributed by atoms with van der Waals surface area (Å²) < 4.78 is 0. The van der Waals surface area contributed by atoms with E-state index in [2.05, 4.69) is 23.3 Å². The summed E-state index contributed by atoms with van der Waals surface area (Å²) in [5.41, 5.74) is 1.76. The molecule has 4 nitrogen and oxygen atoms in total. The number of hydrogen-bond acceptors (Lipinski definition) is 4. The Bertz CT molecular complexity index is 520. The van der Waals surface area contributed by atoms with E-state index in [9.17, 15) is 5.11 Å². The molecule has 0 amide bonds. The SMILES string of the molecule is CN(CC(O)Cc1ccc(C#N)cc1)C1C2CCC1CNC2. The van der Waals surface area contributed by atoms with E-state index in [1.807, 2.05) is 24.3 Å². The first-order chi connectivity index (χ1) is 10.7. The molecule has 118 valence electrons. The van der Waals surface area contributed by atoms with Crippen molar-refractivity contribution < 1.29 is 5.11 Å². The molecule has 1 saturated heterocycles. The molecule has 0 spiro atoms. The summed E-state index contributed by atoms with van der Waals surface area (Å²) in [6.07, 6.45) is 2.93. The first-order valence-corrected chi connectivity index (χ1v) is 8.25. The predicted octanol–water partition coefficient (Wildman–Crippen LogP) is 1.39. The zero-order valence-corrected chi connectivity index (χ0v) is 13.2. The van der Waals surface area contributed by atoms with Crippen molar-refractivity contribution in [2.45, 2.75) is 31.4 Å². The minimum atomic E-state index is -0.354. The molecular formula is C18H25N3O. The molecule has 2 N–H and O–H groups in total. The normalized spacial score (nSPS) is 28.5. The van der Waals surface area contributed by atoms with Gasteiger partial charge in [-0.3, -0.25) is 0 Å². The fraction of sp³-hybridized carbons (Fsp3) is 0.611. The maximum absolute atomic E-state index is 10.4. The molecular weight excluding hydrogens is 274 g/mol. The van der Waals surface area contributed by atoms with Gasteiger partial charge >= 0.3 is 0 Å². The van der Waals surface area contributed by atoms with E-state index in [1.165, 1.54) is 12.8 Å². The second kappa shape index (κ2) is 6.78. The van der Waals surface area contributed by atoms with Crippen LogP contribution in [0.4, 0.5) is 0 Å². The quantitative estimate of drug-likeness (QED) is 0.862. The molecule has 3 unspecified atom stereocenters. The summed E-state index contributed by atoms with van der Waals surface area (Å²) >= 11 is 0. The average Bonchev–Trinajstić information content (AvgIpc) is 2.77. The molecule has 2 aliphatic rings. The molecule has 3 rings (SSSR count). The smallest absolute Gasteiger partial charge is 0.0991 e. The molecule has 2 fully saturated rings. The van der Waals surface area contributed by atoms with Crippen molar-refractivity contribution in [2.75, 3.05) is 26.7 Å². The van der Waals surface area contributed by atoms with E-state index < -0.39 is 0 Å². The van der Waals surface area contributed by atoms with E-state index >= 15 is 0 Å². The van der Waals surface area contributed by atoms with Gasteiger partial charge in [0.1, 0.15) is 0 Å². The van der Waals surface area contributed by atoms with Crippen molar-refractivity contribution in [3.63, 3.8) is 0 Å². The highest BCUT2D eigenvalue weighted by molar-refractivity contribution is 5.31. The van der Waals surface area contributed by atoms with E-state index in [1.54, 1.807) is 0 Å². The second-order valence-corrected chi connectivity index (χ2v) is 6.85. The molecule has 0 radical (unpaired) electrons. The molecule has 22 heavy (non-hydrogen) atoms. The topological polar surface area (TPSA) is 59.3 Å². The summed E-state index contributed by atoms with van der Waals surface area (Å²) in [6.45, 7) is 2.96. The number of nitrogens with zero attached hydrogens (tertiary/aromatic N) is 2. The molecule has 1 aromatic rings. The first kappa shape index (κ1) is 15.5. The van der Waals surface area contributed by atoms with Gasteiger partial charge in [0.2, 0.25) is 0 Å². The van der Waals surface area contributed by atoms with Crippen LogP contribution in [0, 0.1) is 23.2 Å². The highest BCUT2D eigenvalue weighted by Crippen LogP contribution is 2.36. The number of rotatable bonds is 5. The Morgan fingerprint density at radius 2 is 1.91 bits per heavy atom. The van der Waals surface area contributed by atoms with Gasteiger partial charge in [-0.2, -0.15) is 5.26 Å². The van der Waals surface area contributed by atoms with Crippen LogP contribution in [0.2, 0.25) is 0 Å². The van der Waals surface area contributed by atoms with Crippen LogP contribution < -0.4 is 5.32 Å². The van der Waals surface area contributed by atoms with Gasteiger partial charge in [-0.25, -0.2) is 0 Å². The van der Waals surface area contributed by atoms with Crippen LogP contribution in [0.3, 0.4) is 0 Å². The van der Waals surface area contributed by atoms with Crippen molar-refractivity contribution in [3.05, 3.63) is 35.4 Å². The van der Waals surface area contributed by atoms with Gasteiger partial charge in [0, 0.05) is 12.6 Å². The minimum Gasteiger partial charge on any atom is -0.391 e. The summed E-state index contributed by atoms with van der Waals surface area (Å²) in [4.78, 5) is 2.37. The summed E-state index contributed by atoms with van der Waals surface area (Å²) in [7, 11) is 2.16. The van der Waals surface area contributed by atoms with E-state index in [0.717, 1.165) is 37.0 Å². The average molecular weight is 299 g/mol. The third-order valence-corrected chi connectivity index (χ3v) is 5.25. The predicted molar refractivity (Wildman–Crippen MR) is 86.4 cm³/mol.